The molecule has 0 fully saturated rings. The van der Waals surface area contributed by atoms with Gasteiger partial charge in [0.05, 0.1) is 0 Å². The van der Waals surface area contributed by atoms with E-state index in [0.29, 0.717) is 0 Å². The van der Waals surface area contributed by atoms with E-state index in [1.807, 2.05) is 0 Å². The first-order chi connectivity index (χ1) is 12.3. The van der Waals surface area contributed by atoms with E-state index in [-0.39, 0.29) is 12.4 Å². The molecule has 0 aliphatic rings. The van der Waals surface area contributed by atoms with Gasteiger partial charge in [-0.05, 0) is 0 Å². The van der Waals surface area contributed by atoms with Gasteiger partial charge in [0.15, 0.2) is 0 Å². The molecule has 0 atom stereocenters. The van der Waals surface area contributed by atoms with Gasteiger partial charge < -0.3 is 0 Å². The first-order valence-corrected chi connectivity index (χ1v) is 16.6. The Morgan fingerprint density at radius 3 is 0.846 bits per heavy atom. The second-order valence-electron chi connectivity index (χ2n) is 8.30. The molecule has 0 aromatic heterocycles. The van der Waals surface area contributed by atoms with E-state index in [9.17, 15) is 0 Å². The van der Waals surface area contributed by atoms with Crippen LogP contribution in [0.2, 0.25) is 15.8 Å². The van der Waals surface area contributed by atoms with Crippen molar-refractivity contribution in [3.63, 3.8) is 0 Å². The van der Waals surface area contributed by atoms with Crippen LogP contribution in [-0.2, 0) is 0 Å². The average Bonchev–Trinajstić information content (AvgIpc) is 2.63. The summed E-state index contributed by atoms with van der Waals surface area (Å²) in [6, 6.07) is 0. The second kappa shape index (κ2) is 25.8. The molecule has 0 saturated carbocycles. The van der Waals surface area contributed by atoms with E-state index in [1.54, 1.807) is 35.0 Å². The fraction of sp³-hybridized carbons (Fsp3) is 1.00. The first-order valence-electron chi connectivity index (χ1n) is 12.2. The van der Waals surface area contributed by atoms with E-state index >= 15 is 0 Å². The van der Waals surface area contributed by atoms with Crippen molar-refractivity contribution in [2.75, 3.05) is 0 Å². The third kappa shape index (κ3) is 22.9. The predicted molar refractivity (Wildman–Crippen MR) is 128 cm³/mol. The molecular weight excluding hydrogens is 396 g/mol. The minimum Gasteiger partial charge on any atom is -0.147 e. The first kappa shape index (κ1) is 29.0. The smallest absolute Gasteiger partial charge is 0.147 e. The number of unbranched alkanes of at least 4 members (excludes halogenated alkanes) is 15. The summed E-state index contributed by atoms with van der Waals surface area (Å²) in [5.41, 5.74) is 0. The van der Waals surface area contributed by atoms with Crippen LogP contribution in [0, 0.1) is 0 Å². The van der Waals surface area contributed by atoms with Gasteiger partial charge in [0.1, 0.15) is 0 Å². The molecule has 0 aliphatic heterocycles. The van der Waals surface area contributed by atoms with E-state index in [2.05, 4.69) is 20.8 Å². The Morgan fingerprint density at radius 2 is 0.577 bits per heavy atom. The predicted octanol–water partition coefficient (Wildman–Crippen LogP) is 9.98. The van der Waals surface area contributed by atoms with E-state index in [4.69, 9.17) is 0 Å². The molecular formula is C24H52ClGe. The average molecular weight is 449 g/mol. The number of rotatable bonds is 21. The number of hydrogen-bond donors (Lipinski definition) is 0. The summed E-state index contributed by atoms with van der Waals surface area (Å²) in [5.74, 6) is 0. The van der Waals surface area contributed by atoms with Crippen molar-refractivity contribution in [2.24, 2.45) is 0 Å². The molecule has 159 valence electrons. The molecule has 0 spiro atoms. The Kier molecular flexibility index (Phi) is 28.9. The van der Waals surface area contributed by atoms with Gasteiger partial charge in [0.2, 0.25) is 0 Å². The summed E-state index contributed by atoms with van der Waals surface area (Å²) in [6.07, 6.45) is 26.8. The SMILES string of the molecule is CCCCCCC[CH2][Ge]([CH2]CCCCCCC)[CH2]CCCCCCC.Cl. The summed E-state index contributed by atoms with van der Waals surface area (Å²) >= 11 is -0.701. The Bertz CT molecular complexity index is 194. The standard InChI is InChI=1S/C24H51Ge.ClH/c1-4-7-10-13-16-19-22-25(23-20-17-14-11-8-5-2)24-21-18-15-12-9-6-3;/h4-24H2,1-3H3;1H. The quantitative estimate of drug-likeness (QED) is 0.121. The van der Waals surface area contributed by atoms with Gasteiger partial charge in [-0.1, -0.05) is 0 Å². The minimum absolute atomic E-state index is 0. The van der Waals surface area contributed by atoms with Crippen LogP contribution in [0.3, 0.4) is 0 Å². The van der Waals surface area contributed by atoms with Crippen LogP contribution in [0.1, 0.15) is 136 Å². The van der Waals surface area contributed by atoms with Gasteiger partial charge in [-0.15, -0.1) is 12.4 Å². The topological polar surface area (TPSA) is 0 Å². The summed E-state index contributed by atoms with van der Waals surface area (Å²) in [7, 11) is 0. The molecule has 0 aromatic carbocycles. The molecule has 0 N–H and O–H groups in total. The fourth-order valence-electron chi connectivity index (χ4n) is 3.84. The number of halogens is 1. The van der Waals surface area contributed by atoms with Gasteiger partial charge >= 0.3 is 166 Å². The zero-order valence-corrected chi connectivity index (χ0v) is 21.7. The van der Waals surface area contributed by atoms with Crippen LogP contribution in [0.15, 0.2) is 0 Å². The van der Waals surface area contributed by atoms with Crippen LogP contribution < -0.4 is 0 Å². The molecule has 0 amide bonds. The molecule has 0 bridgehead atoms. The van der Waals surface area contributed by atoms with Crippen molar-refractivity contribution >= 4 is 26.8 Å². The molecule has 0 aliphatic carbocycles. The second-order valence-corrected chi connectivity index (χ2v) is 14.6. The normalized spacial score (nSPS) is 11.1. The molecule has 26 heavy (non-hydrogen) atoms. The van der Waals surface area contributed by atoms with Crippen molar-refractivity contribution in [3.8, 4) is 0 Å². The third-order valence-corrected chi connectivity index (χ3v) is 12.3. The van der Waals surface area contributed by atoms with Crippen LogP contribution in [0.25, 0.3) is 0 Å². The number of hydrogen-bond acceptors (Lipinski definition) is 0. The Balaban J connectivity index is 0. The summed E-state index contributed by atoms with van der Waals surface area (Å²) in [6.45, 7) is 6.97. The van der Waals surface area contributed by atoms with Crippen LogP contribution in [0.4, 0.5) is 0 Å². The Hall–Kier alpha value is 0.833. The third-order valence-electron chi connectivity index (χ3n) is 5.65. The molecule has 0 nitrogen and oxygen atoms in total. The van der Waals surface area contributed by atoms with E-state index < -0.39 is 14.3 Å². The Labute approximate surface area is 178 Å². The maximum Gasteiger partial charge on any atom is -0.147 e. The molecule has 0 unspecified atom stereocenters. The van der Waals surface area contributed by atoms with Gasteiger partial charge in [-0.3, -0.25) is 0 Å². The molecule has 0 saturated heterocycles. The van der Waals surface area contributed by atoms with Crippen LogP contribution in [-0.4, -0.2) is 14.3 Å². The van der Waals surface area contributed by atoms with Crippen molar-refractivity contribution < 1.29 is 0 Å². The van der Waals surface area contributed by atoms with E-state index in [0.717, 1.165) is 0 Å². The monoisotopic (exact) mass is 449 g/mol. The maximum absolute atomic E-state index is 2.32. The van der Waals surface area contributed by atoms with Crippen molar-refractivity contribution in [1.29, 1.82) is 0 Å². The maximum atomic E-state index is 2.32. The largest absolute Gasteiger partial charge is 0.147 e. The minimum atomic E-state index is -0.701. The molecule has 1 radical (unpaired) electrons. The molecule has 0 aromatic rings. The summed E-state index contributed by atoms with van der Waals surface area (Å²) < 4.78 is 0. The van der Waals surface area contributed by atoms with Gasteiger partial charge in [-0.25, -0.2) is 0 Å². The van der Waals surface area contributed by atoms with Gasteiger partial charge in [-0.2, -0.15) is 0 Å². The van der Waals surface area contributed by atoms with Gasteiger partial charge in [0.25, 0.3) is 0 Å². The van der Waals surface area contributed by atoms with Crippen LogP contribution in [0.5, 0.6) is 0 Å². The van der Waals surface area contributed by atoms with E-state index in [1.165, 1.54) is 96.3 Å². The van der Waals surface area contributed by atoms with Crippen molar-refractivity contribution in [3.05, 3.63) is 0 Å². The molecule has 0 rings (SSSR count). The molecule has 0 heterocycles. The summed E-state index contributed by atoms with van der Waals surface area (Å²) in [4.78, 5) is 0. The zero-order valence-electron chi connectivity index (χ0n) is 18.8. The molecule has 2 heteroatoms. The Morgan fingerprint density at radius 1 is 0.346 bits per heavy atom. The van der Waals surface area contributed by atoms with Crippen molar-refractivity contribution in [2.45, 2.75) is 152 Å². The fourth-order valence-corrected chi connectivity index (χ4v) is 10.1. The van der Waals surface area contributed by atoms with Crippen molar-refractivity contribution in [1.82, 2.24) is 0 Å². The van der Waals surface area contributed by atoms with Crippen LogP contribution >= 0.6 is 12.4 Å². The van der Waals surface area contributed by atoms with Gasteiger partial charge in [0, 0.05) is 0 Å². The zero-order chi connectivity index (χ0) is 18.4. The summed E-state index contributed by atoms with van der Waals surface area (Å²) in [5, 5.41) is 5.07.